The average molecular weight is 415 g/mol. The van der Waals surface area contributed by atoms with Crippen LogP contribution in [-0.4, -0.2) is 54.8 Å². The van der Waals surface area contributed by atoms with Gasteiger partial charge in [0.1, 0.15) is 11.1 Å². The molecule has 1 aromatic carbocycles. The van der Waals surface area contributed by atoms with Gasteiger partial charge in [0.2, 0.25) is 17.3 Å². The predicted octanol–water partition coefficient (Wildman–Crippen LogP) is 1.90. The van der Waals surface area contributed by atoms with Gasteiger partial charge in [-0.3, -0.25) is 19.6 Å². The van der Waals surface area contributed by atoms with Crippen molar-refractivity contribution in [3.05, 3.63) is 41.4 Å². The molecule has 4 fully saturated rings. The van der Waals surface area contributed by atoms with E-state index < -0.39 is 16.5 Å². The lowest BCUT2D eigenvalue weighted by atomic mass is 9.51. The summed E-state index contributed by atoms with van der Waals surface area (Å²) in [5.74, 6) is -0.278. The number of fused-ring (bicyclic) bond motifs is 5. The molecule has 1 aliphatic carbocycles. The van der Waals surface area contributed by atoms with Gasteiger partial charge in [-0.1, -0.05) is 0 Å². The maximum absolute atomic E-state index is 13.8. The van der Waals surface area contributed by atoms with Crippen molar-refractivity contribution in [2.75, 3.05) is 6.54 Å². The Morgan fingerprint density at radius 3 is 2.71 bits per heavy atom. The van der Waals surface area contributed by atoms with Gasteiger partial charge in [-0.15, -0.1) is 0 Å². The fraction of sp³-hybridized carbons (Fsp3) is 0.435. The number of piperidine rings is 2. The summed E-state index contributed by atoms with van der Waals surface area (Å²) in [6.45, 7) is 4.68. The van der Waals surface area contributed by atoms with E-state index in [9.17, 15) is 14.8 Å². The van der Waals surface area contributed by atoms with Crippen LogP contribution in [0.1, 0.15) is 38.7 Å². The molecule has 0 saturated carbocycles. The van der Waals surface area contributed by atoms with Gasteiger partial charge in [0, 0.05) is 30.9 Å². The Morgan fingerprint density at radius 1 is 1.19 bits per heavy atom. The molecule has 5 aliphatic heterocycles. The van der Waals surface area contributed by atoms with Crippen LogP contribution in [0.4, 0.5) is 5.69 Å². The van der Waals surface area contributed by atoms with Crippen molar-refractivity contribution in [3.8, 4) is 0 Å². The van der Waals surface area contributed by atoms with Crippen LogP contribution in [0.2, 0.25) is 0 Å². The van der Waals surface area contributed by atoms with Gasteiger partial charge >= 0.3 is 0 Å². The van der Waals surface area contributed by atoms with E-state index in [-0.39, 0.29) is 17.7 Å². The van der Waals surface area contributed by atoms with E-state index in [4.69, 9.17) is 0 Å². The van der Waals surface area contributed by atoms with E-state index in [2.05, 4.69) is 15.3 Å². The zero-order valence-electron chi connectivity index (χ0n) is 17.3. The zero-order valence-corrected chi connectivity index (χ0v) is 17.3. The minimum absolute atomic E-state index is 0.0352. The number of nitrogens with one attached hydrogen (secondary N) is 1. The maximum Gasteiger partial charge on any atom is 0.253 e. The summed E-state index contributed by atoms with van der Waals surface area (Å²) in [5, 5.41) is 16.7. The Hall–Kier alpha value is -3.29. The Morgan fingerprint density at radius 2 is 1.94 bits per heavy atom. The van der Waals surface area contributed by atoms with E-state index in [0.29, 0.717) is 41.8 Å². The standard InChI is InChI=1S/C23H21N5O3/c1-21(2)17-11-22-4-3-7-27(22)20(30)23(17,26-19(22)29)10-13-12-8-14-15(25-6-5-24-14)9-16(12)28(31)18(13)21/h5-6,8-10,17H,3-4,7,11H2,1-2H3,(H,26,29)/t17-,22-,23-/m0/s1. The van der Waals surface area contributed by atoms with Crippen molar-refractivity contribution in [1.29, 1.82) is 0 Å². The van der Waals surface area contributed by atoms with Crippen LogP contribution in [0.5, 0.6) is 0 Å². The summed E-state index contributed by atoms with van der Waals surface area (Å²) in [6.07, 6.45) is 7.18. The zero-order chi connectivity index (χ0) is 21.3. The molecule has 3 atom stereocenters. The van der Waals surface area contributed by atoms with E-state index >= 15 is 0 Å². The lowest BCUT2D eigenvalue weighted by Gasteiger charge is -2.62. The van der Waals surface area contributed by atoms with Crippen molar-refractivity contribution >= 4 is 39.8 Å². The van der Waals surface area contributed by atoms with Crippen LogP contribution in [0.25, 0.3) is 16.6 Å². The molecule has 2 bridgehead atoms. The molecule has 31 heavy (non-hydrogen) atoms. The molecule has 8 heteroatoms. The molecular formula is C23H21N5O3. The summed E-state index contributed by atoms with van der Waals surface area (Å²) < 4.78 is 1.00. The number of piperazine rings is 1. The normalized spacial score (nSPS) is 34.3. The number of amides is 2. The molecule has 2 spiro atoms. The van der Waals surface area contributed by atoms with Gasteiger partial charge in [0.25, 0.3) is 5.91 Å². The highest BCUT2D eigenvalue weighted by Crippen LogP contribution is 2.60. The minimum Gasteiger partial charge on any atom is -0.618 e. The van der Waals surface area contributed by atoms with E-state index in [0.717, 1.165) is 22.3 Å². The molecule has 4 saturated heterocycles. The minimum atomic E-state index is -1.12. The maximum atomic E-state index is 13.8. The topological polar surface area (TPSA) is 101 Å². The lowest BCUT2D eigenvalue weighted by Crippen LogP contribution is -2.83. The number of hydrogen-bond donors (Lipinski definition) is 1. The quantitative estimate of drug-likeness (QED) is 0.523. The van der Waals surface area contributed by atoms with Crippen LogP contribution < -0.4 is 5.32 Å². The highest BCUT2D eigenvalue weighted by atomic mass is 16.5. The second-order valence-electron chi connectivity index (χ2n) is 10.0. The van der Waals surface area contributed by atoms with Gasteiger partial charge < -0.3 is 15.4 Å². The van der Waals surface area contributed by atoms with Gasteiger partial charge in [0.05, 0.1) is 27.6 Å². The first-order valence-electron chi connectivity index (χ1n) is 10.8. The molecule has 156 valence electrons. The molecular weight excluding hydrogens is 394 g/mol. The van der Waals surface area contributed by atoms with Crippen LogP contribution in [0, 0.1) is 16.5 Å². The third kappa shape index (κ3) is 1.71. The monoisotopic (exact) mass is 415 g/mol. The summed E-state index contributed by atoms with van der Waals surface area (Å²) in [7, 11) is 0. The largest absolute Gasteiger partial charge is 0.618 e. The number of aromatic nitrogens is 2. The molecule has 1 N–H and O–H groups in total. The number of carbonyl (C=O) groups excluding carboxylic acids is 2. The van der Waals surface area contributed by atoms with Gasteiger partial charge in [0.15, 0.2) is 0 Å². The van der Waals surface area contributed by atoms with Gasteiger partial charge in [-0.25, -0.2) is 0 Å². The van der Waals surface area contributed by atoms with Crippen molar-refractivity contribution < 1.29 is 14.3 Å². The molecule has 0 unspecified atom stereocenters. The van der Waals surface area contributed by atoms with Crippen LogP contribution >= 0.6 is 0 Å². The Labute approximate surface area is 178 Å². The van der Waals surface area contributed by atoms with Crippen LogP contribution in [0.15, 0.2) is 30.6 Å². The molecule has 8 rings (SSSR count). The van der Waals surface area contributed by atoms with Crippen molar-refractivity contribution in [1.82, 2.24) is 20.2 Å². The average Bonchev–Trinajstić information content (AvgIpc) is 3.29. The second-order valence-corrected chi connectivity index (χ2v) is 10.0. The lowest BCUT2D eigenvalue weighted by molar-refractivity contribution is -0.362. The molecule has 8 nitrogen and oxygen atoms in total. The molecule has 2 aromatic rings. The van der Waals surface area contributed by atoms with E-state index in [1.807, 2.05) is 26.0 Å². The van der Waals surface area contributed by atoms with Crippen LogP contribution in [-0.2, 0) is 9.59 Å². The first-order valence-corrected chi connectivity index (χ1v) is 10.8. The number of benzene rings is 1. The highest BCUT2D eigenvalue weighted by molar-refractivity contribution is 6.30. The highest BCUT2D eigenvalue weighted by Gasteiger charge is 2.73. The fourth-order valence-electron chi connectivity index (χ4n) is 6.94. The number of allylic oxidation sites excluding steroid dienone is 1. The summed E-state index contributed by atoms with van der Waals surface area (Å²) in [4.78, 5) is 37.5. The number of hydrogen-bond acceptors (Lipinski definition) is 5. The molecule has 1 aromatic heterocycles. The molecule has 0 radical (unpaired) electrons. The number of nitrogens with zero attached hydrogens (tertiary/aromatic N) is 4. The van der Waals surface area contributed by atoms with Crippen molar-refractivity contribution in [2.45, 2.75) is 44.2 Å². The molecule has 6 heterocycles. The summed E-state index contributed by atoms with van der Waals surface area (Å²) in [6, 6.07) is 3.63. The summed E-state index contributed by atoms with van der Waals surface area (Å²) >= 11 is 0. The molecule has 6 aliphatic rings. The Kier molecular flexibility index (Phi) is 2.78. The second kappa shape index (κ2) is 4.95. The third-order valence-corrected chi connectivity index (χ3v) is 8.33. The summed E-state index contributed by atoms with van der Waals surface area (Å²) in [5.41, 5.74) is 1.48. The van der Waals surface area contributed by atoms with Crippen molar-refractivity contribution in [3.63, 3.8) is 0 Å². The first-order chi connectivity index (χ1) is 14.8. The van der Waals surface area contributed by atoms with Crippen LogP contribution in [0.3, 0.4) is 0 Å². The van der Waals surface area contributed by atoms with Gasteiger partial charge in [-0.2, -0.15) is 4.74 Å². The van der Waals surface area contributed by atoms with E-state index in [1.165, 1.54) is 0 Å². The molecule has 2 amide bonds. The predicted molar refractivity (Wildman–Crippen MR) is 112 cm³/mol. The van der Waals surface area contributed by atoms with Crippen molar-refractivity contribution in [2.24, 2.45) is 11.3 Å². The van der Waals surface area contributed by atoms with E-state index in [1.54, 1.807) is 23.4 Å². The Bertz CT molecular complexity index is 1330. The SMILES string of the molecule is CC1(C)C2=[N+]([O-])c3cc4nccnc4cc3C2=C[C@@]23NC(=O)[C@]4(CCCN4C2=O)C[C@@H]13. The number of carbonyl (C=O) groups is 2. The fourth-order valence-corrected chi connectivity index (χ4v) is 6.94. The Balaban J connectivity index is 1.54. The smallest absolute Gasteiger partial charge is 0.253 e. The van der Waals surface area contributed by atoms with Gasteiger partial charge in [-0.05, 0) is 45.3 Å². The first kappa shape index (κ1) is 17.4. The number of rotatable bonds is 0. The third-order valence-electron chi connectivity index (χ3n) is 8.33.